The van der Waals surface area contributed by atoms with Crippen molar-refractivity contribution in [3.8, 4) is 6.07 Å². The molecule has 0 radical (unpaired) electrons. The van der Waals surface area contributed by atoms with Crippen LogP contribution < -0.4 is 9.55 Å². The zero-order valence-corrected chi connectivity index (χ0v) is 18.1. The van der Waals surface area contributed by atoms with Crippen LogP contribution in [0.2, 0.25) is 0 Å². The highest BCUT2D eigenvalue weighted by molar-refractivity contribution is 7.30. The molecule has 1 aromatic rings. The molecule has 2 fully saturated rings. The van der Waals surface area contributed by atoms with Crippen LogP contribution in [0.15, 0.2) is 6.07 Å². The van der Waals surface area contributed by atoms with Crippen LogP contribution >= 0.6 is 11.3 Å². The van der Waals surface area contributed by atoms with Crippen molar-refractivity contribution < 1.29 is 18.6 Å². The van der Waals surface area contributed by atoms with Gasteiger partial charge < -0.3 is 18.6 Å². The summed E-state index contributed by atoms with van der Waals surface area (Å²) in [5.41, 5.74) is -0.650. The van der Waals surface area contributed by atoms with Gasteiger partial charge in [-0.2, -0.15) is 16.6 Å². The SMILES string of the molecule is CC.CC1OB(c2sc(B3OC(C)(C)C(C)(C)O3)cc2C#N)OC1(C)C. The predicted molar refractivity (Wildman–Crippen MR) is 107 cm³/mol. The third-order valence-electron chi connectivity index (χ3n) is 5.32. The van der Waals surface area contributed by atoms with E-state index in [2.05, 4.69) is 6.07 Å². The van der Waals surface area contributed by atoms with Crippen molar-refractivity contribution in [2.45, 2.75) is 85.2 Å². The molecule has 3 heterocycles. The van der Waals surface area contributed by atoms with Gasteiger partial charge in [0.2, 0.25) is 0 Å². The van der Waals surface area contributed by atoms with Crippen LogP contribution in [-0.2, 0) is 18.6 Å². The molecule has 5 nitrogen and oxygen atoms in total. The van der Waals surface area contributed by atoms with Gasteiger partial charge in [0.05, 0.1) is 39.3 Å². The molecule has 26 heavy (non-hydrogen) atoms. The smallest absolute Gasteiger partial charge is 0.401 e. The molecular formula is C18H29B2NO4S. The van der Waals surface area contributed by atoms with Crippen LogP contribution in [0.4, 0.5) is 0 Å². The van der Waals surface area contributed by atoms with E-state index in [0.717, 1.165) is 9.55 Å². The Morgan fingerprint density at radius 2 is 1.54 bits per heavy atom. The molecule has 3 rings (SSSR count). The molecule has 142 valence electrons. The van der Waals surface area contributed by atoms with Crippen molar-refractivity contribution in [1.82, 2.24) is 0 Å². The van der Waals surface area contributed by atoms with E-state index >= 15 is 0 Å². The van der Waals surface area contributed by atoms with E-state index in [1.807, 2.05) is 68.4 Å². The van der Waals surface area contributed by atoms with Gasteiger partial charge >= 0.3 is 14.2 Å². The molecule has 1 atom stereocenters. The minimum atomic E-state index is -0.522. The monoisotopic (exact) mass is 377 g/mol. The zero-order chi connectivity index (χ0) is 19.9. The lowest BCUT2D eigenvalue weighted by molar-refractivity contribution is 0.00578. The Balaban J connectivity index is 0.00000117. The van der Waals surface area contributed by atoms with E-state index in [1.165, 1.54) is 11.3 Å². The largest absolute Gasteiger partial charge is 0.506 e. The predicted octanol–water partition coefficient (Wildman–Crippen LogP) is 2.85. The molecule has 1 aromatic heterocycles. The highest BCUT2D eigenvalue weighted by Gasteiger charge is 2.53. The molecule has 8 heteroatoms. The van der Waals surface area contributed by atoms with E-state index in [-0.39, 0.29) is 11.7 Å². The Bertz CT molecular complexity index is 680. The van der Waals surface area contributed by atoms with Crippen molar-refractivity contribution in [2.75, 3.05) is 0 Å². The maximum absolute atomic E-state index is 9.50. The highest BCUT2D eigenvalue weighted by Crippen LogP contribution is 2.37. The molecule has 0 bridgehead atoms. The summed E-state index contributed by atoms with van der Waals surface area (Å²) >= 11 is 1.46. The lowest BCUT2D eigenvalue weighted by Gasteiger charge is -2.32. The van der Waals surface area contributed by atoms with Crippen LogP contribution in [0.5, 0.6) is 0 Å². The zero-order valence-electron chi connectivity index (χ0n) is 17.3. The van der Waals surface area contributed by atoms with Gasteiger partial charge in [0.1, 0.15) is 0 Å². The lowest BCUT2D eigenvalue weighted by Crippen LogP contribution is -2.41. The number of nitriles is 1. The topological polar surface area (TPSA) is 60.7 Å². The Morgan fingerprint density at radius 1 is 1.00 bits per heavy atom. The van der Waals surface area contributed by atoms with Crippen molar-refractivity contribution in [1.29, 1.82) is 5.26 Å². The summed E-state index contributed by atoms with van der Waals surface area (Å²) in [4.78, 5) is 0. The normalized spacial score (nSPS) is 25.6. The number of rotatable bonds is 2. The van der Waals surface area contributed by atoms with Crippen LogP contribution in [0.1, 0.15) is 67.9 Å². The maximum Gasteiger partial charge on any atom is 0.506 e. The number of hydrogen-bond acceptors (Lipinski definition) is 6. The summed E-state index contributed by atoms with van der Waals surface area (Å²) in [7, 11) is -1.00. The average molecular weight is 377 g/mol. The van der Waals surface area contributed by atoms with Crippen molar-refractivity contribution >= 4 is 35.1 Å². The highest BCUT2D eigenvalue weighted by atomic mass is 32.1. The minimum Gasteiger partial charge on any atom is -0.401 e. The second-order valence-electron chi connectivity index (χ2n) is 7.96. The summed E-state index contributed by atoms with van der Waals surface area (Å²) in [5.74, 6) is 0. The van der Waals surface area contributed by atoms with Crippen molar-refractivity contribution in [3.05, 3.63) is 11.6 Å². The van der Waals surface area contributed by atoms with Crippen LogP contribution in [0.25, 0.3) is 0 Å². The maximum atomic E-state index is 9.50. The molecule has 2 saturated heterocycles. The van der Waals surface area contributed by atoms with E-state index < -0.39 is 25.4 Å². The van der Waals surface area contributed by atoms with Crippen molar-refractivity contribution in [2.24, 2.45) is 0 Å². The molecule has 0 N–H and O–H groups in total. The quantitative estimate of drug-likeness (QED) is 0.742. The van der Waals surface area contributed by atoms with E-state index in [0.29, 0.717) is 5.56 Å². The van der Waals surface area contributed by atoms with Gasteiger partial charge in [-0.25, -0.2) is 0 Å². The second kappa shape index (κ2) is 7.29. The Morgan fingerprint density at radius 3 is 1.96 bits per heavy atom. The number of hydrogen-bond donors (Lipinski definition) is 0. The van der Waals surface area contributed by atoms with Crippen LogP contribution in [-0.4, -0.2) is 37.1 Å². The van der Waals surface area contributed by atoms with Gasteiger partial charge in [0, 0.05) is 4.78 Å². The summed E-state index contributed by atoms with van der Waals surface area (Å²) in [6.07, 6.45) is -0.0450. The van der Waals surface area contributed by atoms with Gasteiger partial charge in [-0.15, -0.1) is 0 Å². The standard InChI is InChI=1S/C16H23B2NO4S.C2H6/c1-10-14(2,3)21-18(20-10)13-11(9-19)8-12(24-13)17-22-15(4,5)16(6,7)23-17;1-2/h8,10H,1-7H3;1-2H3. The first-order valence-electron chi connectivity index (χ1n) is 9.19. The second-order valence-corrected chi connectivity index (χ2v) is 9.07. The fraction of sp³-hybridized carbons (Fsp3) is 0.722. The van der Waals surface area contributed by atoms with Gasteiger partial charge in [0.25, 0.3) is 0 Å². The van der Waals surface area contributed by atoms with Gasteiger partial charge in [-0.3, -0.25) is 0 Å². The molecule has 0 aromatic carbocycles. The van der Waals surface area contributed by atoms with E-state index in [9.17, 15) is 5.26 Å². The summed E-state index contributed by atoms with van der Waals surface area (Å²) in [5, 5.41) is 9.50. The van der Waals surface area contributed by atoms with Gasteiger partial charge in [-0.05, 0) is 54.5 Å². The van der Waals surface area contributed by atoms with E-state index in [1.54, 1.807) is 0 Å². The minimum absolute atomic E-state index is 0.0450. The molecular weight excluding hydrogens is 348 g/mol. The van der Waals surface area contributed by atoms with Crippen molar-refractivity contribution in [3.63, 3.8) is 0 Å². The molecule has 0 saturated carbocycles. The fourth-order valence-corrected chi connectivity index (χ4v) is 3.66. The first-order valence-corrected chi connectivity index (χ1v) is 10.0. The van der Waals surface area contributed by atoms with Gasteiger partial charge in [0.15, 0.2) is 0 Å². The first-order chi connectivity index (χ1) is 12.0. The Hall–Kier alpha value is -0.840. The summed E-state index contributed by atoms with van der Waals surface area (Å²) in [6.45, 7) is 18.0. The molecule has 0 amide bonds. The molecule has 2 aliphatic heterocycles. The molecule has 0 spiro atoms. The fourth-order valence-electron chi connectivity index (χ4n) is 2.63. The average Bonchev–Trinajstić information content (AvgIpc) is 3.15. The molecule has 1 unspecified atom stereocenters. The van der Waals surface area contributed by atoms with Crippen LogP contribution in [0, 0.1) is 11.3 Å². The summed E-state index contributed by atoms with van der Waals surface area (Å²) in [6, 6.07) is 4.06. The molecule has 2 aliphatic rings. The van der Waals surface area contributed by atoms with Crippen LogP contribution in [0.3, 0.4) is 0 Å². The van der Waals surface area contributed by atoms with Gasteiger partial charge in [-0.1, -0.05) is 13.8 Å². The lowest BCUT2D eigenvalue weighted by atomic mass is 9.83. The number of nitrogens with zero attached hydrogens (tertiary/aromatic N) is 1. The number of thiophene rings is 1. The third-order valence-corrected chi connectivity index (χ3v) is 6.50. The summed E-state index contributed by atoms with van der Waals surface area (Å²) < 4.78 is 25.7. The third kappa shape index (κ3) is 3.74. The Labute approximate surface area is 162 Å². The molecule has 0 aliphatic carbocycles. The van der Waals surface area contributed by atoms with E-state index in [4.69, 9.17) is 18.6 Å². The first kappa shape index (κ1) is 21.5. The Kier molecular flexibility index (Phi) is 6.02.